The molecule has 11 nitrogen and oxygen atoms in total. The normalized spacial score (nSPS) is 18.9. The number of aromatic nitrogens is 1. The van der Waals surface area contributed by atoms with Gasteiger partial charge in [0.15, 0.2) is 6.10 Å². The molecular weight excluding hydrogens is 622 g/mol. The first-order valence-corrected chi connectivity index (χ1v) is 17.1. The number of urea groups is 1. The lowest BCUT2D eigenvalue weighted by atomic mass is 9.86. The minimum Gasteiger partial charge on any atom is -0.441 e. The first kappa shape index (κ1) is 32.8. The molecule has 0 atom stereocenters. The van der Waals surface area contributed by atoms with Crippen molar-refractivity contribution in [3.63, 3.8) is 0 Å². The van der Waals surface area contributed by atoms with E-state index in [1.54, 1.807) is 57.3 Å². The van der Waals surface area contributed by atoms with Crippen LogP contribution in [0.2, 0.25) is 0 Å². The summed E-state index contributed by atoms with van der Waals surface area (Å²) in [4.78, 5) is 30.1. The van der Waals surface area contributed by atoms with Crippen molar-refractivity contribution in [3.8, 4) is 10.4 Å². The van der Waals surface area contributed by atoms with Gasteiger partial charge in [0.25, 0.3) is 0 Å². The van der Waals surface area contributed by atoms with Gasteiger partial charge in [0.1, 0.15) is 5.82 Å². The van der Waals surface area contributed by atoms with Crippen LogP contribution < -0.4 is 20.7 Å². The number of thiazole rings is 1. The Hall–Kier alpha value is -3.59. The van der Waals surface area contributed by atoms with Crippen molar-refractivity contribution in [1.29, 1.82) is 0 Å². The summed E-state index contributed by atoms with van der Waals surface area (Å²) < 4.78 is 54.2. The van der Waals surface area contributed by atoms with Gasteiger partial charge in [-0.15, -0.1) is 11.3 Å². The Balaban J connectivity index is 1.28. The van der Waals surface area contributed by atoms with Gasteiger partial charge in [0.2, 0.25) is 10.0 Å². The van der Waals surface area contributed by atoms with E-state index in [9.17, 15) is 22.4 Å². The second-order valence-electron chi connectivity index (χ2n) is 12.3. The molecule has 1 saturated carbocycles. The zero-order valence-corrected chi connectivity index (χ0v) is 27.0. The molecular formula is C31H38FN5O6S2. The number of halogens is 1. The van der Waals surface area contributed by atoms with Crippen molar-refractivity contribution in [3.05, 3.63) is 65.0 Å². The third kappa shape index (κ3) is 8.78. The summed E-state index contributed by atoms with van der Waals surface area (Å²) in [5, 5.41) is 9.10. The van der Waals surface area contributed by atoms with Crippen molar-refractivity contribution in [2.75, 3.05) is 18.5 Å². The van der Waals surface area contributed by atoms with E-state index in [1.807, 2.05) is 0 Å². The van der Waals surface area contributed by atoms with Crippen LogP contribution in [-0.4, -0.2) is 56.4 Å². The van der Waals surface area contributed by atoms with Gasteiger partial charge in [0.05, 0.1) is 28.0 Å². The molecule has 1 aliphatic carbocycles. The number of alkyl carbamates (subject to hydrolysis) is 1. The van der Waals surface area contributed by atoms with Crippen LogP contribution in [-0.2, 0) is 26.0 Å². The molecule has 2 aliphatic rings. The van der Waals surface area contributed by atoms with Crippen molar-refractivity contribution in [2.24, 2.45) is 0 Å². The van der Waals surface area contributed by atoms with Gasteiger partial charge in [-0.25, -0.2) is 32.1 Å². The number of sulfonamides is 1. The van der Waals surface area contributed by atoms with Crippen LogP contribution in [0.1, 0.15) is 62.9 Å². The van der Waals surface area contributed by atoms with E-state index in [2.05, 4.69) is 25.7 Å². The Morgan fingerprint density at radius 1 is 1.09 bits per heavy atom. The summed E-state index contributed by atoms with van der Waals surface area (Å²) in [5.41, 5.74) is 0.303. The number of hydrogen-bond donors (Lipinski definition) is 4. The highest BCUT2D eigenvalue weighted by Crippen LogP contribution is 2.40. The Morgan fingerprint density at radius 3 is 2.49 bits per heavy atom. The van der Waals surface area contributed by atoms with Gasteiger partial charge in [-0.2, -0.15) is 0 Å². The number of hydrogen-bond acceptors (Lipinski definition) is 8. The summed E-state index contributed by atoms with van der Waals surface area (Å²) in [6.45, 7) is 6.09. The van der Waals surface area contributed by atoms with Crippen LogP contribution in [0.25, 0.3) is 10.4 Å². The molecule has 4 N–H and O–H groups in total. The second kappa shape index (κ2) is 13.8. The van der Waals surface area contributed by atoms with Crippen molar-refractivity contribution in [1.82, 2.24) is 20.3 Å². The number of ether oxygens (including phenoxy) is 2. The lowest BCUT2D eigenvalue weighted by Crippen LogP contribution is -2.44. The third-order valence-electron chi connectivity index (χ3n) is 7.44. The Bertz CT molecular complexity index is 1630. The summed E-state index contributed by atoms with van der Waals surface area (Å²) in [6.07, 6.45) is 4.31. The SMILES string of the molecule is CC(C)(C)NS(=O)(=O)c1cc(NC(=O)NCc2ccccc2F)ccc1-c1cnc(C2CCC(NC(=O)OC3COC3)CC2)s1. The maximum absolute atomic E-state index is 14.0. The highest BCUT2D eigenvalue weighted by Gasteiger charge is 2.30. The molecule has 2 heterocycles. The first-order chi connectivity index (χ1) is 21.4. The Labute approximate surface area is 266 Å². The monoisotopic (exact) mass is 659 g/mol. The van der Waals surface area contributed by atoms with Gasteiger partial charge in [0, 0.05) is 47.1 Å². The van der Waals surface area contributed by atoms with Crippen LogP contribution >= 0.6 is 11.3 Å². The second-order valence-corrected chi connectivity index (χ2v) is 15.0. The lowest BCUT2D eigenvalue weighted by molar-refractivity contribution is -0.0985. The number of rotatable bonds is 9. The summed E-state index contributed by atoms with van der Waals surface area (Å²) in [7, 11) is -4.01. The maximum atomic E-state index is 14.0. The van der Waals surface area contributed by atoms with E-state index in [-0.39, 0.29) is 35.2 Å². The van der Waals surface area contributed by atoms with Gasteiger partial charge in [-0.05, 0) is 64.7 Å². The van der Waals surface area contributed by atoms with E-state index in [4.69, 9.17) is 9.47 Å². The molecule has 14 heteroatoms. The van der Waals surface area contributed by atoms with Gasteiger partial charge < -0.3 is 25.4 Å². The molecule has 242 valence electrons. The third-order valence-corrected chi connectivity index (χ3v) is 10.4. The smallest absolute Gasteiger partial charge is 0.407 e. The van der Waals surface area contributed by atoms with E-state index in [0.29, 0.717) is 29.2 Å². The fourth-order valence-electron chi connectivity index (χ4n) is 5.20. The van der Waals surface area contributed by atoms with E-state index >= 15 is 0 Å². The molecule has 2 aromatic carbocycles. The van der Waals surface area contributed by atoms with Gasteiger partial charge in [-0.3, -0.25) is 0 Å². The maximum Gasteiger partial charge on any atom is 0.407 e. The molecule has 2 fully saturated rings. The van der Waals surface area contributed by atoms with Crippen molar-refractivity contribution in [2.45, 2.75) is 81.5 Å². The topological polar surface area (TPSA) is 148 Å². The highest BCUT2D eigenvalue weighted by molar-refractivity contribution is 7.89. The highest BCUT2D eigenvalue weighted by atomic mass is 32.2. The van der Waals surface area contributed by atoms with E-state index in [1.165, 1.54) is 23.5 Å². The van der Waals surface area contributed by atoms with Crippen molar-refractivity contribution >= 4 is 39.2 Å². The largest absolute Gasteiger partial charge is 0.441 e. The van der Waals surface area contributed by atoms with Crippen LogP contribution in [0.4, 0.5) is 19.7 Å². The number of carbonyl (C=O) groups excluding carboxylic acids is 2. The number of nitrogens with zero attached hydrogens (tertiary/aromatic N) is 1. The fraction of sp³-hybridized carbons (Fsp3) is 0.452. The molecule has 3 aromatic rings. The van der Waals surface area contributed by atoms with Gasteiger partial charge >= 0.3 is 12.1 Å². The van der Waals surface area contributed by atoms with Crippen LogP contribution in [0.3, 0.4) is 0 Å². The molecule has 0 bridgehead atoms. The van der Waals surface area contributed by atoms with Gasteiger partial charge in [-0.1, -0.05) is 24.3 Å². The lowest BCUT2D eigenvalue weighted by Gasteiger charge is -2.30. The van der Waals surface area contributed by atoms with E-state index < -0.39 is 33.5 Å². The average molecular weight is 660 g/mol. The zero-order chi connectivity index (χ0) is 32.2. The number of nitrogens with one attached hydrogen (secondary N) is 4. The summed E-state index contributed by atoms with van der Waals surface area (Å²) in [6, 6.07) is 10.2. The Kier molecular flexibility index (Phi) is 10.1. The zero-order valence-electron chi connectivity index (χ0n) is 25.4. The quantitative estimate of drug-likeness (QED) is 0.237. The van der Waals surface area contributed by atoms with Crippen molar-refractivity contribution < 1.29 is 31.9 Å². The van der Waals surface area contributed by atoms with E-state index in [0.717, 1.165) is 30.7 Å². The molecule has 0 radical (unpaired) electrons. The molecule has 5 rings (SSSR count). The summed E-state index contributed by atoms with van der Waals surface area (Å²) >= 11 is 1.44. The molecule has 3 amide bonds. The van der Waals surface area contributed by atoms with Crippen LogP contribution in [0.5, 0.6) is 0 Å². The number of benzene rings is 2. The molecule has 0 unspecified atom stereocenters. The number of carbonyl (C=O) groups is 2. The predicted molar refractivity (Wildman–Crippen MR) is 169 cm³/mol. The van der Waals surface area contributed by atoms with Crippen LogP contribution in [0.15, 0.2) is 53.6 Å². The minimum atomic E-state index is -4.01. The van der Waals surface area contributed by atoms with Crippen LogP contribution in [0, 0.1) is 5.82 Å². The number of anilines is 1. The standard InChI is InChI=1S/C31H38FN5O6S2/c1-31(2,3)37-45(40,41)27-14-22(35-29(38)34-15-20-6-4-5-7-25(20)32)12-13-24(27)26-16-33-28(44-26)19-8-10-21(11-9-19)36-30(39)43-23-17-42-18-23/h4-7,12-14,16,19,21,23,37H,8-11,15,17-18H2,1-3H3,(H,36,39)(H2,34,35,38). The molecule has 0 spiro atoms. The first-order valence-electron chi connectivity index (χ1n) is 14.8. The predicted octanol–water partition coefficient (Wildman–Crippen LogP) is 5.50. The number of amides is 3. The molecule has 45 heavy (non-hydrogen) atoms. The Morgan fingerprint density at radius 2 is 1.82 bits per heavy atom. The molecule has 1 saturated heterocycles. The summed E-state index contributed by atoms with van der Waals surface area (Å²) in [5.74, 6) is -0.248. The molecule has 1 aliphatic heterocycles. The fourth-order valence-corrected chi connectivity index (χ4v) is 8.05. The minimum absolute atomic E-state index is 0.00260. The molecule has 1 aromatic heterocycles. The average Bonchev–Trinajstić information content (AvgIpc) is 3.44.